The number of carbonyl (C=O) groups is 1. The maximum Gasteiger partial charge on any atom is 0.316 e. The molecule has 9 heteroatoms. The van der Waals surface area contributed by atoms with Gasteiger partial charge in [-0.05, 0) is 36.8 Å². The van der Waals surface area contributed by atoms with Crippen LogP contribution in [0.3, 0.4) is 0 Å². The summed E-state index contributed by atoms with van der Waals surface area (Å²) in [5, 5.41) is 11.8. The Bertz CT molecular complexity index is 625. The maximum atomic E-state index is 11.8. The van der Waals surface area contributed by atoms with Gasteiger partial charge in [-0.3, -0.25) is 4.79 Å². The molecule has 2 aromatic heterocycles. The Balaban J connectivity index is 1.81. The van der Waals surface area contributed by atoms with E-state index in [-0.39, 0.29) is 18.3 Å². The van der Waals surface area contributed by atoms with Gasteiger partial charge in [0.1, 0.15) is 0 Å². The first-order valence-corrected chi connectivity index (χ1v) is 7.92. The highest BCUT2D eigenvalue weighted by molar-refractivity contribution is 7.99. The van der Waals surface area contributed by atoms with E-state index in [9.17, 15) is 4.79 Å². The summed E-state index contributed by atoms with van der Waals surface area (Å²) < 4.78 is 6.81. The standard InChI is InChI=1S/C13H18N6O2S/c1-4-5-19-11(16-17-18-19)7-21-12(20)8-22-13-14-9(2)6-10(3)15-13/h6H,4-5,7-8H2,1-3H3. The number of hydrogen-bond acceptors (Lipinski definition) is 8. The number of esters is 1. The molecule has 0 aliphatic heterocycles. The Labute approximate surface area is 132 Å². The lowest BCUT2D eigenvalue weighted by atomic mass is 10.4. The summed E-state index contributed by atoms with van der Waals surface area (Å²) in [6.07, 6.45) is 0.909. The Morgan fingerprint density at radius 3 is 2.73 bits per heavy atom. The van der Waals surface area contributed by atoms with E-state index in [0.717, 1.165) is 17.8 Å². The molecular formula is C13H18N6O2S. The molecule has 2 heterocycles. The predicted molar refractivity (Wildman–Crippen MR) is 80.1 cm³/mol. The van der Waals surface area contributed by atoms with Crippen LogP contribution >= 0.6 is 11.8 Å². The normalized spacial score (nSPS) is 10.7. The van der Waals surface area contributed by atoms with Crippen molar-refractivity contribution in [3.8, 4) is 0 Å². The maximum absolute atomic E-state index is 11.8. The van der Waals surface area contributed by atoms with E-state index in [1.807, 2.05) is 26.8 Å². The lowest BCUT2D eigenvalue weighted by molar-refractivity contribution is -0.142. The number of thioether (sulfide) groups is 1. The quantitative estimate of drug-likeness (QED) is 0.428. The minimum absolute atomic E-state index is 0.0695. The largest absolute Gasteiger partial charge is 0.457 e. The van der Waals surface area contributed by atoms with Gasteiger partial charge in [-0.15, -0.1) is 5.10 Å². The van der Waals surface area contributed by atoms with E-state index < -0.39 is 0 Å². The van der Waals surface area contributed by atoms with Crippen LogP contribution in [0.5, 0.6) is 0 Å². The lowest BCUT2D eigenvalue weighted by Crippen LogP contribution is -2.12. The molecule has 0 N–H and O–H groups in total. The molecule has 118 valence electrons. The highest BCUT2D eigenvalue weighted by Gasteiger charge is 2.11. The van der Waals surface area contributed by atoms with Crippen LogP contribution in [0.2, 0.25) is 0 Å². The first kappa shape index (κ1) is 16.3. The number of aryl methyl sites for hydroxylation is 3. The molecule has 0 aliphatic rings. The SMILES string of the molecule is CCCn1nnnc1COC(=O)CSc1nc(C)cc(C)n1. The number of carbonyl (C=O) groups excluding carboxylic acids is 1. The van der Waals surface area contributed by atoms with Crippen LogP contribution in [-0.2, 0) is 22.7 Å². The van der Waals surface area contributed by atoms with Crippen LogP contribution in [0.25, 0.3) is 0 Å². The van der Waals surface area contributed by atoms with Gasteiger partial charge in [-0.25, -0.2) is 14.6 Å². The van der Waals surface area contributed by atoms with E-state index in [2.05, 4.69) is 25.5 Å². The highest BCUT2D eigenvalue weighted by atomic mass is 32.2. The van der Waals surface area contributed by atoms with Crippen molar-refractivity contribution in [2.45, 2.75) is 45.5 Å². The van der Waals surface area contributed by atoms with Gasteiger partial charge in [0.05, 0.1) is 5.75 Å². The summed E-state index contributed by atoms with van der Waals surface area (Å²) in [6, 6.07) is 1.88. The molecule has 0 radical (unpaired) electrons. The molecule has 0 aliphatic carbocycles. The van der Waals surface area contributed by atoms with Crippen molar-refractivity contribution in [3.63, 3.8) is 0 Å². The van der Waals surface area contributed by atoms with E-state index in [4.69, 9.17) is 4.74 Å². The summed E-state index contributed by atoms with van der Waals surface area (Å²) >= 11 is 1.25. The summed E-state index contributed by atoms with van der Waals surface area (Å²) in [4.78, 5) is 20.3. The van der Waals surface area contributed by atoms with Crippen molar-refractivity contribution in [2.75, 3.05) is 5.75 Å². The van der Waals surface area contributed by atoms with Crippen LogP contribution < -0.4 is 0 Å². The van der Waals surface area contributed by atoms with Crippen LogP contribution in [-0.4, -0.2) is 41.9 Å². The summed E-state index contributed by atoms with van der Waals surface area (Å²) in [5.41, 5.74) is 1.75. The molecule has 0 aromatic carbocycles. The van der Waals surface area contributed by atoms with E-state index in [1.54, 1.807) is 4.68 Å². The van der Waals surface area contributed by atoms with Gasteiger partial charge < -0.3 is 4.74 Å². The van der Waals surface area contributed by atoms with Crippen molar-refractivity contribution < 1.29 is 9.53 Å². The summed E-state index contributed by atoms with van der Waals surface area (Å²) in [7, 11) is 0. The average molecular weight is 322 g/mol. The molecule has 2 aromatic rings. The molecule has 0 saturated heterocycles. The van der Waals surface area contributed by atoms with Gasteiger partial charge in [-0.1, -0.05) is 18.7 Å². The van der Waals surface area contributed by atoms with E-state index in [0.29, 0.717) is 17.5 Å². The van der Waals surface area contributed by atoms with E-state index in [1.165, 1.54) is 11.8 Å². The number of aromatic nitrogens is 6. The number of hydrogen-bond donors (Lipinski definition) is 0. The van der Waals surface area contributed by atoms with Gasteiger partial charge in [0.2, 0.25) is 0 Å². The van der Waals surface area contributed by atoms with Crippen LogP contribution in [0.15, 0.2) is 11.2 Å². The topological polar surface area (TPSA) is 95.7 Å². The fourth-order valence-electron chi connectivity index (χ4n) is 1.78. The third-order valence-corrected chi connectivity index (χ3v) is 3.51. The molecule has 0 amide bonds. The molecule has 8 nitrogen and oxygen atoms in total. The number of ether oxygens (including phenoxy) is 1. The van der Waals surface area contributed by atoms with E-state index >= 15 is 0 Å². The van der Waals surface area contributed by atoms with Crippen LogP contribution in [0.4, 0.5) is 0 Å². The van der Waals surface area contributed by atoms with Crippen molar-refractivity contribution in [1.82, 2.24) is 30.2 Å². The number of tetrazole rings is 1. The minimum Gasteiger partial charge on any atom is -0.457 e. The molecule has 0 atom stereocenters. The molecule has 0 saturated carbocycles. The third kappa shape index (κ3) is 4.76. The van der Waals surface area contributed by atoms with Crippen LogP contribution in [0.1, 0.15) is 30.6 Å². The Hall–Kier alpha value is -2.03. The molecular weight excluding hydrogens is 304 g/mol. The van der Waals surface area contributed by atoms with Gasteiger partial charge in [0.15, 0.2) is 17.6 Å². The second-order valence-corrected chi connectivity index (χ2v) is 5.64. The first-order valence-electron chi connectivity index (χ1n) is 6.94. The summed E-state index contributed by atoms with van der Waals surface area (Å²) in [5.74, 6) is 0.347. The first-order chi connectivity index (χ1) is 10.6. The predicted octanol–water partition coefficient (Wildman–Crippen LogP) is 1.33. The van der Waals surface area contributed by atoms with Gasteiger partial charge in [-0.2, -0.15) is 0 Å². The zero-order chi connectivity index (χ0) is 15.9. The van der Waals surface area contributed by atoms with Gasteiger partial charge >= 0.3 is 5.97 Å². The van der Waals surface area contributed by atoms with Crippen LogP contribution in [0, 0.1) is 13.8 Å². The number of rotatable bonds is 7. The highest BCUT2D eigenvalue weighted by Crippen LogP contribution is 2.14. The third-order valence-electron chi connectivity index (χ3n) is 2.68. The fraction of sp³-hybridized carbons (Fsp3) is 0.538. The molecule has 0 spiro atoms. The van der Waals surface area contributed by atoms with Crippen molar-refractivity contribution >= 4 is 17.7 Å². The Morgan fingerprint density at radius 1 is 1.32 bits per heavy atom. The zero-order valence-electron chi connectivity index (χ0n) is 12.8. The number of nitrogens with zero attached hydrogens (tertiary/aromatic N) is 6. The Morgan fingerprint density at radius 2 is 2.05 bits per heavy atom. The van der Waals surface area contributed by atoms with Crippen molar-refractivity contribution in [3.05, 3.63) is 23.3 Å². The minimum atomic E-state index is -0.348. The Kier molecular flexibility index (Phi) is 5.82. The molecule has 22 heavy (non-hydrogen) atoms. The van der Waals surface area contributed by atoms with Crippen molar-refractivity contribution in [1.29, 1.82) is 0 Å². The second kappa shape index (κ2) is 7.83. The van der Waals surface area contributed by atoms with Gasteiger partial charge in [0.25, 0.3) is 0 Å². The lowest BCUT2D eigenvalue weighted by Gasteiger charge is -2.05. The summed E-state index contributed by atoms with van der Waals surface area (Å²) in [6.45, 7) is 6.58. The van der Waals surface area contributed by atoms with Gasteiger partial charge in [0, 0.05) is 17.9 Å². The fourth-order valence-corrected chi connectivity index (χ4v) is 2.53. The molecule has 0 fully saturated rings. The molecule has 0 unspecified atom stereocenters. The smallest absolute Gasteiger partial charge is 0.316 e. The van der Waals surface area contributed by atoms with Crippen molar-refractivity contribution in [2.24, 2.45) is 0 Å². The monoisotopic (exact) mass is 322 g/mol. The average Bonchev–Trinajstić information content (AvgIpc) is 2.90. The molecule has 2 rings (SSSR count). The zero-order valence-corrected chi connectivity index (χ0v) is 13.6. The molecule has 0 bridgehead atoms. The second-order valence-electron chi connectivity index (χ2n) is 4.70.